The van der Waals surface area contributed by atoms with Gasteiger partial charge in [0.05, 0.1) is 0 Å². The van der Waals surface area contributed by atoms with E-state index in [2.05, 4.69) is 31.2 Å². The lowest BCUT2D eigenvalue weighted by molar-refractivity contribution is 0.0576. The molecule has 0 spiro atoms. The molecule has 1 aliphatic carbocycles. The Labute approximate surface area is 109 Å². The zero-order valence-electron chi connectivity index (χ0n) is 11.5. The van der Waals surface area contributed by atoms with E-state index >= 15 is 0 Å². The summed E-state index contributed by atoms with van der Waals surface area (Å²) in [5.41, 5.74) is 1.47. The van der Waals surface area contributed by atoms with E-state index < -0.39 is 0 Å². The normalized spacial score (nSPS) is 19.6. The molecular weight excluding hydrogens is 227 g/mol. The number of hydrogen-bond donors (Lipinski definition) is 1. The molecule has 2 rings (SSSR count). The van der Waals surface area contributed by atoms with Gasteiger partial charge in [0.1, 0.15) is 5.82 Å². The van der Waals surface area contributed by atoms with E-state index in [1.54, 1.807) is 0 Å². The van der Waals surface area contributed by atoms with Crippen molar-refractivity contribution in [1.82, 2.24) is 10.2 Å². The molecule has 0 radical (unpaired) electrons. The van der Waals surface area contributed by atoms with Gasteiger partial charge in [0.2, 0.25) is 0 Å². The van der Waals surface area contributed by atoms with Gasteiger partial charge < -0.3 is 10.2 Å². The molecular formula is C15H23FN2. The van der Waals surface area contributed by atoms with Crippen molar-refractivity contribution in [3.8, 4) is 0 Å². The molecule has 1 aliphatic rings. The fourth-order valence-corrected chi connectivity index (χ4v) is 2.58. The summed E-state index contributed by atoms with van der Waals surface area (Å²) in [6.07, 6.45) is 3.86. The number of rotatable bonds is 5. The van der Waals surface area contributed by atoms with Crippen LogP contribution >= 0.6 is 0 Å². The third kappa shape index (κ3) is 2.73. The summed E-state index contributed by atoms with van der Waals surface area (Å²) in [6, 6.07) is 7.03. The molecule has 18 heavy (non-hydrogen) atoms. The fraction of sp³-hybridized carbons (Fsp3) is 0.600. The molecule has 1 fully saturated rings. The third-order valence-electron chi connectivity index (χ3n) is 4.34. The summed E-state index contributed by atoms with van der Waals surface area (Å²) in [6.45, 7) is 3.13. The standard InChI is InChI=1S/C15H23FN2/c1-12(13-5-7-14(16)8-6-13)17-11-15(18(2)3)9-4-10-15/h5-8,12,17H,4,9-11H2,1-3H3. The Bertz CT molecular complexity index is 382. The third-order valence-corrected chi connectivity index (χ3v) is 4.34. The molecule has 3 heteroatoms. The van der Waals surface area contributed by atoms with Gasteiger partial charge in [-0.15, -0.1) is 0 Å². The molecule has 100 valence electrons. The molecule has 1 aromatic carbocycles. The first-order valence-electron chi connectivity index (χ1n) is 6.70. The van der Waals surface area contributed by atoms with Crippen LogP contribution in [0.4, 0.5) is 4.39 Å². The molecule has 0 saturated heterocycles. The molecule has 0 heterocycles. The predicted octanol–water partition coefficient (Wildman–Crippen LogP) is 2.96. The topological polar surface area (TPSA) is 15.3 Å². The molecule has 0 bridgehead atoms. The van der Waals surface area contributed by atoms with Crippen LogP contribution in [0.5, 0.6) is 0 Å². The first-order chi connectivity index (χ1) is 8.53. The van der Waals surface area contributed by atoms with Gasteiger partial charge in [0.25, 0.3) is 0 Å². The smallest absolute Gasteiger partial charge is 0.123 e. The lowest BCUT2D eigenvalue weighted by Gasteiger charge is -2.48. The van der Waals surface area contributed by atoms with E-state index in [1.165, 1.54) is 31.4 Å². The van der Waals surface area contributed by atoms with Gasteiger partial charge in [-0.3, -0.25) is 0 Å². The lowest BCUT2D eigenvalue weighted by Crippen LogP contribution is -2.56. The van der Waals surface area contributed by atoms with E-state index in [0.29, 0.717) is 5.54 Å². The van der Waals surface area contributed by atoms with Crippen LogP contribution in [0.25, 0.3) is 0 Å². The zero-order valence-corrected chi connectivity index (χ0v) is 11.5. The van der Waals surface area contributed by atoms with Crippen molar-refractivity contribution in [2.45, 2.75) is 37.8 Å². The van der Waals surface area contributed by atoms with E-state index in [9.17, 15) is 4.39 Å². The Balaban J connectivity index is 1.91. The van der Waals surface area contributed by atoms with Crippen LogP contribution in [-0.4, -0.2) is 31.1 Å². The average Bonchev–Trinajstić information content (AvgIpc) is 2.27. The molecule has 1 unspecified atom stereocenters. The number of benzene rings is 1. The van der Waals surface area contributed by atoms with Gasteiger partial charge in [-0.1, -0.05) is 12.1 Å². The highest BCUT2D eigenvalue weighted by Gasteiger charge is 2.38. The summed E-state index contributed by atoms with van der Waals surface area (Å²) in [5, 5.41) is 3.58. The van der Waals surface area contributed by atoms with E-state index in [1.807, 2.05) is 12.1 Å². The Hall–Kier alpha value is -0.930. The maximum atomic E-state index is 12.9. The molecule has 0 aliphatic heterocycles. The van der Waals surface area contributed by atoms with Crippen LogP contribution in [0.1, 0.15) is 37.8 Å². The van der Waals surface area contributed by atoms with Crippen LogP contribution in [-0.2, 0) is 0 Å². The van der Waals surface area contributed by atoms with Crippen LogP contribution in [0.2, 0.25) is 0 Å². The van der Waals surface area contributed by atoms with Crippen molar-refractivity contribution in [2.75, 3.05) is 20.6 Å². The highest BCUT2D eigenvalue weighted by atomic mass is 19.1. The van der Waals surface area contributed by atoms with Gasteiger partial charge >= 0.3 is 0 Å². The largest absolute Gasteiger partial charge is 0.308 e. The zero-order chi connectivity index (χ0) is 13.2. The summed E-state index contributed by atoms with van der Waals surface area (Å²) >= 11 is 0. The minimum atomic E-state index is -0.172. The number of nitrogens with zero attached hydrogens (tertiary/aromatic N) is 1. The molecule has 1 aromatic rings. The highest BCUT2D eigenvalue weighted by Crippen LogP contribution is 2.35. The first kappa shape index (κ1) is 13.5. The Kier molecular flexibility index (Phi) is 4.03. The average molecular weight is 250 g/mol. The van der Waals surface area contributed by atoms with Crippen LogP contribution in [0.15, 0.2) is 24.3 Å². The molecule has 0 amide bonds. The summed E-state index contributed by atoms with van der Waals surface area (Å²) in [7, 11) is 4.31. The second kappa shape index (κ2) is 5.37. The second-order valence-corrected chi connectivity index (χ2v) is 5.63. The number of nitrogens with one attached hydrogen (secondary N) is 1. The second-order valence-electron chi connectivity index (χ2n) is 5.63. The summed E-state index contributed by atoms with van der Waals surface area (Å²) in [5.74, 6) is -0.172. The van der Waals surface area contributed by atoms with Crippen LogP contribution in [0.3, 0.4) is 0 Å². The van der Waals surface area contributed by atoms with Crippen molar-refractivity contribution in [1.29, 1.82) is 0 Å². The van der Waals surface area contributed by atoms with E-state index in [4.69, 9.17) is 0 Å². The Morgan fingerprint density at radius 2 is 1.89 bits per heavy atom. The minimum absolute atomic E-state index is 0.172. The van der Waals surface area contributed by atoms with Crippen molar-refractivity contribution in [2.24, 2.45) is 0 Å². The lowest BCUT2D eigenvalue weighted by atomic mass is 9.75. The quantitative estimate of drug-likeness (QED) is 0.864. The number of halogens is 1. The molecule has 2 nitrogen and oxygen atoms in total. The van der Waals surface area contributed by atoms with Crippen LogP contribution < -0.4 is 5.32 Å². The molecule has 0 aromatic heterocycles. The monoisotopic (exact) mass is 250 g/mol. The van der Waals surface area contributed by atoms with Crippen molar-refractivity contribution >= 4 is 0 Å². The molecule has 1 saturated carbocycles. The SMILES string of the molecule is CC(NCC1(N(C)C)CCC1)c1ccc(F)cc1. The predicted molar refractivity (Wildman–Crippen MR) is 73.1 cm³/mol. The number of hydrogen-bond acceptors (Lipinski definition) is 2. The first-order valence-corrected chi connectivity index (χ1v) is 6.70. The van der Waals surface area contributed by atoms with Gasteiger partial charge in [0.15, 0.2) is 0 Å². The minimum Gasteiger partial charge on any atom is -0.308 e. The fourth-order valence-electron chi connectivity index (χ4n) is 2.58. The van der Waals surface area contributed by atoms with E-state index in [-0.39, 0.29) is 11.9 Å². The van der Waals surface area contributed by atoms with Crippen molar-refractivity contribution in [3.05, 3.63) is 35.6 Å². The van der Waals surface area contributed by atoms with E-state index in [0.717, 1.165) is 12.1 Å². The molecule has 1 N–H and O–H groups in total. The Morgan fingerprint density at radius 1 is 1.28 bits per heavy atom. The number of likely N-dealkylation sites (N-methyl/N-ethyl adjacent to an activating group) is 1. The van der Waals surface area contributed by atoms with Gasteiger partial charge in [-0.25, -0.2) is 4.39 Å². The summed E-state index contributed by atoms with van der Waals surface area (Å²) in [4.78, 5) is 2.33. The Morgan fingerprint density at radius 3 is 2.33 bits per heavy atom. The van der Waals surface area contributed by atoms with Gasteiger partial charge in [0, 0.05) is 18.1 Å². The van der Waals surface area contributed by atoms with Crippen LogP contribution in [0, 0.1) is 5.82 Å². The maximum Gasteiger partial charge on any atom is 0.123 e. The van der Waals surface area contributed by atoms with Gasteiger partial charge in [-0.05, 0) is 58.0 Å². The van der Waals surface area contributed by atoms with Crippen molar-refractivity contribution < 1.29 is 4.39 Å². The molecule has 1 atom stereocenters. The summed E-state index contributed by atoms with van der Waals surface area (Å²) < 4.78 is 12.9. The highest BCUT2D eigenvalue weighted by molar-refractivity contribution is 5.19. The van der Waals surface area contributed by atoms with Gasteiger partial charge in [-0.2, -0.15) is 0 Å². The maximum absolute atomic E-state index is 12.9. The van der Waals surface area contributed by atoms with Crippen molar-refractivity contribution in [3.63, 3.8) is 0 Å².